The van der Waals surface area contributed by atoms with Crippen LogP contribution in [0.25, 0.3) is 0 Å². The standard InChI is InChI=1S/C18H24N2O2/c1-12-3-7-14(8-4-12)17-15(9-10-16(21)20(17)2)18(22)19-11-13-5-6-13/h3-4,7-8,13,15,17H,5-6,9-11H2,1-2H3,(H,19,22). The van der Waals surface area contributed by atoms with Gasteiger partial charge >= 0.3 is 0 Å². The first-order valence-electron chi connectivity index (χ1n) is 8.16. The van der Waals surface area contributed by atoms with Crippen LogP contribution >= 0.6 is 0 Å². The van der Waals surface area contributed by atoms with Gasteiger partial charge in [0.05, 0.1) is 12.0 Å². The third-order valence-corrected chi connectivity index (χ3v) is 4.88. The molecule has 4 nitrogen and oxygen atoms in total. The van der Waals surface area contributed by atoms with Crippen LogP contribution in [0.1, 0.15) is 42.9 Å². The van der Waals surface area contributed by atoms with Crippen LogP contribution in [0, 0.1) is 18.8 Å². The molecule has 1 saturated carbocycles. The zero-order valence-electron chi connectivity index (χ0n) is 13.3. The highest BCUT2D eigenvalue weighted by atomic mass is 16.2. The van der Waals surface area contributed by atoms with Crippen molar-refractivity contribution < 1.29 is 9.59 Å². The number of hydrogen-bond acceptors (Lipinski definition) is 2. The van der Waals surface area contributed by atoms with Crippen molar-refractivity contribution in [3.63, 3.8) is 0 Å². The van der Waals surface area contributed by atoms with Gasteiger partial charge < -0.3 is 10.2 Å². The number of aryl methyl sites for hydroxylation is 1. The maximum absolute atomic E-state index is 12.6. The summed E-state index contributed by atoms with van der Waals surface area (Å²) in [5.41, 5.74) is 2.23. The minimum atomic E-state index is -0.152. The Balaban J connectivity index is 1.80. The second-order valence-corrected chi connectivity index (χ2v) is 6.69. The van der Waals surface area contributed by atoms with E-state index in [1.165, 1.54) is 18.4 Å². The van der Waals surface area contributed by atoms with Gasteiger partial charge in [-0.25, -0.2) is 0 Å². The van der Waals surface area contributed by atoms with E-state index in [1.54, 1.807) is 4.90 Å². The van der Waals surface area contributed by atoms with E-state index in [0.717, 1.165) is 12.1 Å². The van der Waals surface area contributed by atoms with Gasteiger partial charge in [-0.2, -0.15) is 0 Å². The van der Waals surface area contributed by atoms with E-state index >= 15 is 0 Å². The molecule has 1 N–H and O–H groups in total. The molecular formula is C18H24N2O2. The fourth-order valence-electron chi connectivity index (χ4n) is 3.23. The molecule has 1 aromatic rings. The van der Waals surface area contributed by atoms with Crippen molar-refractivity contribution in [2.24, 2.45) is 11.8 Å². The molecule has 2 amide bonds. The molecule has 1 saturated heterocycles. The molecule has 2 fully saturated rings. The Bertz CT molecular complexity index is 563. The number of benzene rings is 1. The lowest BCUT2D eigenvalue weighted by atomic mass is 9.83. The van der Waals surface area contributed by atoms with Gasteiger partial charge in [-0.1, -0.05) is 29.8 Å². The molecule has 1 heterocycles. The van der Waals surface area contributed by atoms with Gasteiger partial charge in [0.25, 0.3) is 0 Å². The minimum absolute atomic E-state index is 0.0943. The van der Waals surface area contributed by atoms with Crippen molar-refractivity contribution in [2.45, 2.75) is 38.6 Å². The van der Waals surface area contributed by atoms with Crippen molar-refractivity contribution in [1.82, 2.24) is 10.2 Å². The largest absolute Gasteiger partial charge is 0.356 e. The van der Waals surface area contributed by atoms with Crippen molar-refractivity contribution in [3.05, 3.63) is 35.4 Å². The predicted molar refractivity (Wildman–Crippen MR) is 85.1 cm³/mol. The van der Waals surface area contributed by atoms with Gasteiger partial charge in [0, 0.05) is 20.0 Å². The average Bonchev–Trinajstić information content (AvgIpc) is 3.33. The number of carbonyl (C=O) groups excluding carboxylic acids is 2. The van der Waals surface area contributed by atoms with Crippen LogP contribution in [-0.4, -0.2) is 30.3 Å². The van der Waals surface area contributed by atoms with E-state index in [9.17, 15) is 9.59 Å². The lowest BCUT2D eigenvalue weighted by Crippen LogP contribution is -2.46. The first-order valence-corrected chi connectivity index (χ1v) is 8.16. The molecule has 3 rings (SSSR count). The number of hydrogen-bond donors (Lipinski definition) is 1. The molecule has 2 aliphatic rings. The third-order valence-electron chi connectivity index (χ3n) is 4.88. The number of amides is 2. The Morgan fingerprint density at radius 2 is 1.91 bits per heavy atom. The van der Waals surface area contributed by atoms with Crippen LogP contribution in [0.3, 0.4) is 0 Å². The molecule has 118 valence electrons. The molecule has 0 aromatic heterocycles. The Morgan fingerprint density at radius 1 is 1.23 bits per heavy atom. The summed E-state index contributed by atoms with van der Waals surface area (Å²) in [6.07, 6.45) is 3.55. The molecule has 22 heavy (non-hydrogen) atoms. The van der Waals surface area contributed by atoms with Crippen LogP contribution in [-0.2, 0) is 9.59 Å². The molecule has 2 atom stereocenters. The molecule has 0 bridgehead atoms. The highest BCUT2D eigenvalue weighted by Crippen LogP contribution is 2.36. The fraction of sp³-hybridized carbons (Fsp3) is 0.556. The summed E-state index contributed by atoms with van der Waals surface area (Å²) in [4.78, 5) is 26.4. The summed E-state index contributed by atoms with van der Waals surface area (Å²) in [7, 11) is 1.81. The van der Waals surface area contributed by atoms with Gasteiger partial charge in [-0.05, 0) is 37.7 Å². The van der Waals surface area contributed by atoms with Crippen LogP contribution in [0.15, 0.2) is 24.3 Å². The smallest absolute Gasteiger partial charge is 0.225 e. The van der Waals surface area contributed by atoms with Crippen molar-refractivity contribution >= 4 is 11.8 Å². The number of nitrogens with one attached hydrogen (secondary N) is 1. The van der Waals surface area contributed by atoms with Gasteiger partial charge in [-0.3, -0.25) is 9.59 Å². The van der Waals surface area contributed by atoms with Gasteiger partial charge in [0.15, 0.2) is 0 Å². The molecule has 4 heteroatoms. The summed E-state index contributed by atoms with van der Waals surface area (Å²) in [6, 6.07) is 8.01. The first-order chi connectivity index (χ1) is 10.6. The highest BCUT2D eigenvalue weighted by molar-refractivity contribution is 5.84. The Labute approximate surface area is 131 Å². The number of rotatable bonds is 4. The molecule has 1 aliphatic heterocycles. The Kier molecular flexibility index (Phi) is 4.19. The zero-order chi connectivity index (χ0) is 15.7. The number of carbonyl (C=O) groups is 2. The van der Waals surface area contributed by atoms with Crippen LogP contribution in [0.4, 0.5) is 0 Å². The summed E-state index contributed by atoms with van der Waals surface area (Å²) < 4.78 is 0. The summed E-state index contributed by atoms with van der Waals surface area (Å²) in [5.74, 6) is 0.738. The molecule has 2 unspecified atom stereocenters. The highest BCUT2D eigenvalue weighted by Gasteiger charge is 2.39. The van der Waals surface area contributed by atoms with E-state index in [-0.39, 0.29) is 23.8 Å². The topological polar surface area (TPSA) is 49.4 Å². The molecule has 0 radical (unpaired) electrons. The summed E-state index contributed by atoms with van der Waals surface area (Å²) >= 11 is 0. The van der Waals surface area contributed by atoms with Crippen molar-refractivity contribution in [2.75, 3.05) is 13.6 Å². The van der Waals surface area contributed by atoms with E-state index in [2.05, 4.69) is 5.32 Å². The van der Waals surface area contributed by atoms with Gasteiger partial charge in [0.2, 0.25) is 11.8 Å². The maximum atomic E-state index is 12.6. The van der Waals surface area contributed by atoms with E-state index < -0.39 is 0 Å². The van der Waals surface area contributed by atoms with E-state index in [4.69, 9.17) is 0 Å². The zero-order valence-corrected chi connectivity index (χ0v) is 13.3. The normalized spacial score (nSPS) is 25.2. The molecular weight excluding hydrogens is 276 g/mol. The molecule has 0 spiro atoms. The van der Waals surface area contributed by atoms with Crippen LogP contribution in [0.5, 0.6) is 0 Å². The Morgan fingerprint density at radius 3 is 2.55 bits per heavy atom. The molecule has 1 aromatic carbocycles. The van der Waals surface area contributed by atoms with E-state index in [0.29, 0.717) is 18.8 Å². The van der Waals surface area contributed by atoms with E-state index in [1.807, 2.05) is 38.2 Å². The van der Waals surface area contributed by atoms with Crippen molar-refractivity contribution in [3.8, 4) is 0 Å². The van der Waals surface area contributed by atoms with Crippen molar-refractivity contribution in [1.29, 1.82) is 0 Å². The number of likely N-dealkylation sites (tertiary alicyclic amines) is 1. The SMILES string of the molecule is Cc1ccc(C2C(C(=O)NCC3CC3)CCC(=O)N2C)cc1. The summed E-state index contributed by atoms with van der Waals surface area (Å²) in [6.45, 7) is 2.83. The van der Waals surface area contributed by atoms with Crippen LogP contribution < -0.4 is 5.32 Å². The second-order valence-electron chi connectivity index (χ2n) is 6.69. The molecule has 1 aliphatic carbocycles. The second kappa shape index (κ2) is 6.11. The average molecular weight is 300 g/mol. The monoisotopic (exact) mass is 300 g/mol. The lowest BCUT2D eigenvalue weighted by molar-refractivity contribution is -0.141. The van der Waals surface area contributed by atoms with Gasteiger partial charge in [0.1, 0.15) is 0 Å². The Hall–Kier alpha value is -1.84. The summed E-state index contributed by atoms with van der Waals surface area (Å²) in [5, 5.41) is 3.08. The minimum Gasteiger partial charge on any atom is -0.356 e. The third kappa shape index (κ3) is 3.16. The first kappa shape index (κ1) is 15.1. The lowest BCUT2D eigenvalue weighted by Gasteiger charge is -2.38. The number of nitrogens with zero attached hydrogens (tertiary/aromatic N) is 1. The number of piperidine rings is 1. The maximum Gasteiger partial charge on any atom is 0.225 e. The van der Waals surface area contributed by atoms with Crippen LogP contribution in [0.2, 0.25) is 0 Å². The quantitative estimate of drug-likeness (QED) is 0.928. The predicted octanol–water partition coefficient (Wildman–Crippen LogP) is 2.43. The van der Waals surface area contributed by atoms with Gasteiger partial charge in [-0.15, -0.1) is 0 Å². The fourth-order valence-corrected chi connectivity index (χ4v) is 3.23.